The van der Waals surface area contributed by atoms with Crippen LogP contribution in [0.2, 0.25) is 0 Å². The Kier molecular flexibility index (Phi) is 6.12. The van der Waals surface area contributed by atoms with Gasteiger partial charge in [0.15, 0.2) is 0 Å². The zero-order valence-electron chi connectivity index (χ0n) is 11.8. The summed E-state index contributed by atoms with van der Waals surface area (Å²) in [6.07, 6.45) is 4.08. The number of amides is 2. The molecule has 0 aliphatic carbocycles. The average Bonchev–Trinajstić information content (AvgIpc) is 2.86. The second-order valence-electron chi connectivity index (χ2n) is 4.78. The number of nitrogens with one attached hydrogen (secondary N) is 1. The molecule has 19 heavy (non-hydrogen) atoms. The Morgan fingerprint density at radius 1 is 1.37 bits per heavy atom. The average molecular weight is 266 g/mol. The van der Waals surface area contributed by atoms with E-state index < -0.39 is 0 Å². The van der Waals surface area contributed by atoms with E-state index in [4.69, 9.17) is 4.42 Å². The number of furan rings is 1. The van der Waals surface area contributed by atoms with E-state index >= 15 is 0 Å². The van der Waals surface area contributed by atoms with Crippen LogP contribution >= 0.6 is 0 Å². The molecule has 0 aromatic carbocycles. The third-order valence-electron chi connectivity index (χ3n) is 2.61. The number of nitrogens with zero attached hydrogens (tertiary/aromatic N) is 1. The number of rotatable bonds is 7. The van der Waals surface area contributed by atoms with E-state index in [0.29, 0.717) is 25.1 Å². The zero-order chi connectivity index (χ0) is 14.3. The highest BCUT2D eigenvalue weighted by atomic mass is 16.3. The van der Waals surface area contributed by atoms with Gasteiger partial charge in [-0.3, -0.25) is 9.59 Å². The molecule has 0 atom stereocenters. The van der Waals surface area contributed by atoms with Crippen LogP contribution in [0.3, 0.4) is 0 Å². The molecule has 0 spiro atoms. The van der Waals surface area contributed by atoms with Gasteiger partial charge in [-0.15, -0.1) is 0 Å². The molecule has 5 nitrogen and oxygen atoms in total. The molecule has 0 bridgehead atoms. The normalized spacial score (nSPS) is 10.5. The van der Waals surface area contributed by atoms with Crippen molar-refractivity contribution < 1.29 is 14.0 Å². The van der Waals surface area contributed by atoms with Crippen molar-refractivity contribution in [2.24, 2.45) is 0 Å². The highest BCUT2D eigenvalue weighted by Crippen LogP contribution is 2.07. The lowest BCUT2D eigenvalue weighted by atomic mass is 10.2. The Balaban J connectivity index is 2.53. The summed E-state index contributed by atoms with van der Waals surface area (Å²) in [7, 11) is 0. The van der Waals surface area contributed by atoms with Crippen LogP contribution in [0.25, 0.3) is 0 Å². The molecule has 1 aromatic heterocycles. The first-order chi connectivity index (χ1) is 9.04. The third kappa shape index (κ3) is 5.16. The van der Waals surface area contributed by atoms with Crippen molar-refractivity contribution in [2.45, 2.75) is 39.7 Å². The Morgan fingerprint density at radius 3 is 2.63 bits per heavy atom. The van der Waals surface area contributed by atoms with Crippen LogP contribution in [-0.2, 0) is 4.79 Å². The van der Waals surface area contributed by atoms with Crippen LogP contribution < -0.4 is 5.32 Å². The van der Waals surface area contributed by atoms with Crippen molar-refractivity contribution in [3.05, 3.63) is 24.2 Å². The Labute approximate surface area is 114 Å². The molecule has 0 unspecified atom stereocenters. The molecule has 1 rings (SSSR count). The first kappa shape index (κ1) is 15.3. The maximum atomic E-state index is 12.2. The van der Waals surface area contributed by atoms with Gasteiger partial charge in [0.05, 0.1) is 11.8 Å². The minimum absolute atomic E-state index is 0.0314. The van der Waals surface area contributed by atoms with Crippen LogP contribution in [0, 0.1) is 0 Å². The molecular formula is C14H22N2O3. The van der Waals surface area contributed by atoms with Crippen LogP contribution in [0.15, 0.2) is 23.0 Å². The van der Waals surface area contributed by atoms with Gasteiger partial charge in [0.25, 0.3) is 5.91 Å². The fourth-order valence-corrected chi connectivity index (χ4v) is 1.78. The monoisotopic (exact) mass is 266 g/mol. The minimum Gasteiger partial charge on any atom is -0.472 e. The van der Waals surface area contributed by atoms with Gasteiger partial charge in [-0.25, -0.2) is 0 Å². The van der Waals surface area contributed by atoms with Crippen LogP contribution in [0.5, 0.6) is 0 Å². The predicted octanol–water partition coefficient (Wildman–Crippen LogP) is 2.05. The van der Waals surface area contributed by atoms with E-state index in [-0.39, 0.29) is 17.9 Å². The first-order valence-electron chi connectivity index (χ1n) is 6.65. The molecule has 0 radical (unpaired) electrons. The maximum Gasteiger partial charge on any atom is 0.257 e. The molecule has 0 fully saturated rings. The summed E-state index contributed by atoms with van der Waals surface area (Å²) < 4.78 is 4.92. The number of carbonyl (C=O) groups is 2. The number of hydrogen-bond donors (Lipinski definition) is 1. The van der Waals surface area contributed by atoms with Crippen molar-refractivity contribution >= 4 is 11.8 Å². The van der Waals surface area contributed by atoms with E-state index in [1.165, 1.54) is 12.5 Å². The molecule has 5 heteroatoms. The first-order valence-corrected chi connectivity index (χ1v) is 6.65. The second-order valence-corrected chi connectivity index (χ2v) is 4.78. The van der Waals surface area contributed by atoms with E-state index in [2.05, 4.69) is 5.32 Å². The Hall–Kier alpha value is -1.78. The zero-order valence-corrected chi connectivity index (χ0v) is 11.8. The number of carbonyl (C=O) groups excluding carboxylic acids is 2. The quantitative estimate of drug-likeness (QED) is 0.821. The molecule has 0 aliphatic rings. The van der Waals surface area contributed by atoms with E-state index in [0.717, 1.165) is 6.42 Å². The van der Waals surface area contributed by atoms with E-state index in [1.807, 2.05) is 20.8 Å². The van der Waals surface area contributed by atoms with Gasteiger partial charge in [-0.2, -0.15) is 0 Å². The SMILES string of the molecule is CCCN(CCC(=O)NC(C)C)C(=O)c1ccoc1. The summed E-state index contributed by atoms with van der Waals surface area (Å²) in [5, 5.41) is 2.82. The standard InChI is InChI=1S/C14H22N2O3/c1-4-7-16(8-5-13(17)15-11(2)3)14(18)12-6-9-19-10-12/h6,9-11H,4-5,7-8H2,1-3H3,(H,15,17). The lowest BCUT2D eigenvalue weighted by molar-refractivity contribution is -0.121. The summed E-state index contributed by atoms with van der Waals surface area (Å²) in [6.45, 7) is 6.90. The van der Waals surface area contributed by atoms with Gasteiger partial charge in [-0.05, 0) is 26.3 Å². The smallest absolute Gasteiger partial charge is 0.257 e. The molecule has 1 heterocycles. The molecular weight excluding hydrogens is 244 g/mol. The van der Waals surface area contributed by atoms with Crippen molar-refractivity contribution in [3.8, 4) is 0 Å². The lowest BCUT2D eigenvalue weighted by Crippen LogP contribution is -2.37. The van der Waals surface area contributed by atoms with Crippen LogP contribution in [0.1, 0.15) is 44.0 Å². The molecule has 1 aromatic rings. The fraction of sp³-hybridized carbons (Fsp3) is 0.571. The minimum atomic E-state index is -0.0899. The van der Waals surface area contributed by atoms with Gasteiger partial charge >= 0.3 is 0 Å². The van der Waals surface area contributed by atoms with Crippen LogP contribution in [-0.4, -0.2) is 35.8 Å². The van der Waals surface area contributed by atoms with Gasteiger partial charge < -0.3 is 14.6 Å². The summed E-state index contributed by atoms with van der Waals surface area (Å²) in [5.41, 5.74) is 0.526. The largest absolute Gasteiger partial charge is 0.472 e. The fourth-order valence-electron chi connectivity index (χ4n) is 1.78. The summed E-state index contributed by atoms with van der Waals surface area (Å²) in [6, 6.07) is 1.76. The lowest BCUT2D eigenvalue weighted by Gasteiger charge is -2.21. The summed E-state index contributed by atoms with van der Waals surface area (Å²) >= 11 is 0. The molecule has 106 valence electrons. The Morgan fingerprint density at radius 2 is 2.11 bits per heavy atom. The second kappa shape index (κ2) is 7.61. The maximum absolute atomic E-state index is 12.2. The summed E-state index contributed by atoms with van der Waals surface area (Å²) in [5.74, 6) is -0.121. The number of hydrogen-bond acceptors (Lipinski definition) is 3. The molecule has 0 aliphatic heterocycles. The van der Waals surface area contributed by atoms with Crippen LogP contribution in [0.4, 0.5) is 0 Å². The van der Waals surface area contributed by atoms with Gasteiger partial charge in [0.1, 0.15) is 6.26 Å². The highest BCUT2D eigenvalue weighted by Gasteiger charge is 2.17. The summed E-state index contributed by atoms with van der Waals surface area (Å²) in [4.78, 5) is 25.5. The predicted molar refractivity (Wildman–Crippen MR) is 72.8 cm³/mol. The van der Waals surface area contributed by atoms with Crippen molar-refractivity contribution in [2.75, 3.05) is 13.1 Å². The van der Waals surface area contributed by atoms with Gasteiger partial charge in [0, 0.05) is 25.6 Å². The highest BCUT2D eigenvalue weighted by molar-refractivity contribution is 5.94. The molecule has 0 saturated heterocycles. The molecule has 1 N–H and O–H groups in total. The Bertz CT molecular complexity index is 399. The third-order valence-corrected chi connectivity index (χ3v) is 2.61. The van der Waals surface area contributed by atoms with Crippen molar-refractivity contribution in [1.82, 2.24) is 10.2 Å². The van der Waals surface area contributed by atoms with E-state index in [9.17, 15) is 9.59 Å². The van der Waals surface area contributed by atoms with Gasteiger partial charge in [-0.1, -0.05) is 6.92 Å². The van der Waals surface area contributed by atoms with Crippen molar-refractivity contribution in [1.29, 1.82) is 0 Å². The molecule has 2 amide bonds. The van der Waals surface area contributed by atoms with Gasteiger partial charge in [0.2, 0.25) is 5.91 Å². The van der Waals surface area contributed by atoms with E-state index in [1.54, 1.807) is 11.0 Å². The molecule has 0 saturated carbocycles. The topological polar surface area (TPSA) is 62.6 Å². The van der Waals surface area contributed by atoms with Crippen molar-refractivity contribution in [3.63, 3.8) is 0 Å².